The van der Waals surface area contributed by atoms with Crippen LogP contribution in [0.5, 0.6) is 0 Å². The summed E-state index contributed by atoms with van der Waals surface area (Å²) in [5, 5.41) is 5.59. The Bertz CT molecular complexity index is 936. The van der Waals surface area contributed by atoms with Crippen LogP contribution in [0.2, 0.25) is 0 Å². The number of carbonyl (C=O) groups excluding carboxylic acids is 1. The SMILES string of the molecule is O=C(c1ccc2c3c([nH]c2c1)CCCC3)N1CCN(c2ccsc2)CC1. The first-order valence-electron chi connectivity index (χ1n) is 9.49. The van der Waals surface area contributed by atoms with Gasteiger partial charge in [0.15, 0.2) is 0 Å². The summed E-state index contributed by atoms with van der Waals surface area (Å²) in [6, 6.07) is 8.37. The summed E-state index contributed by atoms with van der Waals surface area (Å²) < 4.78 is 0. The van der Waals surface area contributed by atoms with E-state index in [1.807, 2.05) is 11.0 Å². The maximum Gasteiger partial charge on any atom is 0.254 e. The van der Waals surface area contributed by atoms with Crippen molar-refractivity contribution in [2.45, 2.75) is 25.7 Å². The summed E-state index contributed by atoms with van der Waals surface area (Å²) >= 11 is 1.72. The second-order valence-corrected chi connectivity index (χ2v) is 8.09. The number of aromatic amines is 1. The average molecular weight is 366 g/mol. The number of aryl methyl sites for hydroxylation is 2. The van der Waals surface area contributed by atoms with Gasteiger partial charge in [-0.05, 0) is 54.8 Å². The Hall–Kier alpha value is -2.27. The molecule has 0 unspecified atom stereocenters. The molecule has 5 heteroatoms. The van der Waals surface area contributed by atoms with Gasteiger partial charge in [0.2, 0.25) is 0 Å². The number of carbonyl (C=O) groups is 1. The second kappa shape index (κ2) is 6.47. The predicted octanol–water partition coefficient (Wildman–Crippen LogP) is 4.07. The van der Waals surface area contributed by atoms with E-state index in [1.54, 1.807) is 11.3 Å². The molecule has 5 rings (SSSR count). The van der Waals surface area contributed by atoms with Crippen LogP contribution in [-0.4, -0.2) is 42.0 Å². The number of benzene rings is 1. The number of hydrogen-bond donors (Lipinski definition) is 1. The van der Waals surface area contributed by atoms with Crippen LogP contribution in [0.15, 0.2) is 35.0 Å². The first kappa shape index (κ1) is 15.9. The Balaban J connectivity index is 1.34. The topological polar surface area (TPSA) is 39.3 Å². The number of H-pyrrole nitrogens is 1. The van der Waals surface area contributed by atoms with Gasteiger partial charge in [-0.25, -0.2) is 0 Å². The Morgan fingerprint density at radius 2 is 1.88 bits per heavy atom. The minimum atomic E-state index is 0.157. The Morgan fingerprint density at radius 1 is 1.04 bits per heavy atom. The zero-order chi connectivity index (χ0) is 17.5. The van der Waals surface area contributed by atoms with Gasteiger partial charge >= 0.3 is 0 Å². The van der Waals surface area contributed by atoms with Crippen molar-refractivity contribution in [1.29, 1.82) is 0 Å². The summed E-state index contributed by atoms with van der Waals surface area (Å²) in [5.74, 6) is 0.157. The van der Waals surface area contributed by atoms with Crippen LogP contribution in [0, 0.1) is 0 Å². The molecule has 1 saturated heterocycles. The molecule has 0 radical (unpaired) electrons. The molecule has 1 amide bonds. The van der Waals surface area contributed by atoms with E-state index in [4.69, 9.17) is 0 Å². The minimum absolute atomic E-state index is 0.157. The molecule has 0 spiro atoms. The fourth-order valence-electron chi connectivity index (χ4n) is 4.33. The highest BCUT2D eigenvalue weighted by Crippen LogP contribution is 2.30. The van der Waals surface area contributed by atoms with E-state index in [1.165, 1.54) is 35.2 Å². The zero-order valence-corrected chi connectivity index (χ0v) is 15.6. The molecule has 0 atom stereocenters. The highest BCUT2D eigenvalue weighted by Gasteiger charge is 2.23. The molecular weight excluding hydrogens is 342 g/mol. The molecule has 4 nitrogen and oxygen atoms in total. The van der Waals surface area contributed by atoms with Crippen LogP contribution < -0.4 is 4.90 Å². The normalized spacial score (nSPS) is 17.5. The molecule has 1 N–H and O–H groups in total. The number of thiophene rings is 1. The molecule has 0 saturated carbocycles. The highest BCUT2D eigenvalue weighted by molar-refractivity contribution is 7.08. The second-order valence-electron chi connectivity index (χ2n) is 7.31. The zero-order valence-electron chi connectivity index (χ0n) is 14.8. The number of amides is 1. The maximum absolute atomic E-state index is 13.0. The highest BCUT2D eigenvalue weighted by atomic mass is 32.1. The van der Waals surface area contributed by atoms with Crippen molar-refractivity contribution in [2.24, 2.45) is 0 Å². The number of nitrogens with one attached hydrogen (secondary N) is 1. The summed E-state index contributed by atoms with van der Waals surface area (Å²) in [7, 11) is 0. The van der Waals surface area contributed by atoms with Crippen molar-refractivity contribution in [3.05, 3.63) is 51.8 Å². The van der Waals surface area contributed by atoms with E-state index in [2.05, 4.69) is 38.8 Å². The summed E-state index contributed by atoms with van der Waals surface area (Å²) in [5.41, 5.74) is 6.05. The summed E-state index contributed by atoms with van der Waals surface area (Å²) in [6.07, 6.45) is 4.83. The van der Waals surface area contributed by atoms with Gasteiger partial charge in [0.05, 0.1) is 0 Å². The number of nitrogens with zero attached hydrogens (tertiary/aromatic N) is 2. The van der Waals surface area contributed by atoms with Gasteiger partial charge in [-0.3, -0.25) is 4.79 Å². The molecule has 1 aliphatic heterocycles. The van der Waals surface area contributed by atoms with Gasteiger partial charge in [0, 0.05) is 59.4 Å². The van der Waals surface area contributed by atoms with Crippen molar-refractivity contribution in [2.75, 3.05) is 31.1 Å². The molecule has 0 bridgehead atoms. The first-order valence-corrected chi connectivity index (χ1v) is 10.4. The molecule has 134 valence electrons. The largest absolute Gasteiger partial charge is 0.367 e. The Labute approximate surface area is 157 Å². The maximum atomic E-state index is 13.0. The lowest BCUT2D eigenvalue weighted by molar-refractivity contribution is 0.0747. The van der Waals surface area contributed by atoms with Crippen LogP contribution in [-0.2, 0) is 12.8 Å². The van der Waals surface area contributed by atoms with Crippen molar-refractivity contribution in [3.63, 3.8) is 0 Å². The molecule has 2 aliphatic rings. The van der Waals surface area contributed by atoms with E-state index in [0.717, 1.165) is 50.1 Å². The van der Waals surface area contributed by atoms with Gasteiger partial charge in [0.1, 0.15) is 0 Å². The number of anilines is 1. The molecule has 1 aliphatic carbocycles. The van der Waals surface area contributed by atoms with Crippen molar-refractivity contribution < 1.29 is 4.79 Å². The number of aromatic nitrogens is 1. The third kappa shape index (κ3) is 2.71. The number of piperazine rings is 1. The number of rotatable bonds is 2. The monoisotopic (exact) mass is 365 g/mol. The van der Waals surface area contributed by atoms with E-state index < -0.39 is 0 Å². The smallest absolute Gasteiger partial charge is 0.254 e. The average Bonchev–Trinajstić information content (AvgIpc) is 3.35. The summed E-state index contributed by atoms with van der Waals surface area (Å²) in [4.78, 5) is 20.9. The molecule has 1 aromatic carbocycles. The van der Waals surface area contributed by atoms with Crippen LogP contribution in [0.3, 0.4) is 0 Å². The summed E-state index contributed by atoms with van der Waals surface area (Å²) in [6.45, 7) is 3.38. The Morgan fingerprint density at radius 3 is 2.69 bits per heavy atom. The van der Waals surface area contributed by atoms with E-state index in [-0.39, 0.29) is 5.91 Å². The number of fused-ring (bicyclic) bond motifs is 3. The van der Waals surface area contributed by atoms with E-state index in [9.17, 15) is 4.79 Å². The fraction of sp³-hybridized carbons (Fsp3) is 0.381. The van der Waals surface area contributed by atoms with E-state index in [0.29, 0.717) is 0 Å². The van der Waals surface area contributed by atoms with Crippen molar-refractivity contribution >= 4 is 33.8 Å². The minimum Gasteiger partial charge on any atom is -0.367 e. The fourth-order valence-corrected chi connectivity index (χ4v) is 5.00. The van der Waals surface area contributed by atoms with Crippen LogP contribution in [0.25, 0.3) is 10.9 Å². The standard InChI is InChI=1S/C21H23N3OS/c25-21(24-10-8-23(9-11-24)16-7-12-26-14-16)15-5-6-18-17-3-1-2-4-19(17)22-20(18)13-15/h5-7,12-14,22H,1-4,8-11H2. The van der Waals surface area contributed by atoms with Crippen LogP contribution in [0.4, 0.5) is 5.69 Å². The van der Waals surface area contributed by atoms with Gasteiger partial charge in [-0.15, -0.1) is 0 Å². The lowest BCUT2D eigenvalue weighted by atomic mass is 9.95. The molecule has 2 aromatic heterocycles. The Kier molecular flexibility index (Phi) is 3.97. The predicted molar refractivity (Wildman–Crippen MR) is 107 cm³/mol. The molecule has 3 aromatic rings. The van der Waals surface area contributed by atoms with Gasteiger partial charge < -0.3 is 14.8 Å². The molecule has 3 heterocycles. The van der Waals surface area contributed by atoms with Gasteiger partial charge in [-0.1, -0.05) is 6.07 Å². The lowest BCUT2D eigenvalue weighted by Gasteiger charge is -2.35. The van der Waals surface area contributed by atoms with Crippen molar-refractivity contribution in [3.8, 4) is 0 Å². The van der Waals surface area contributed by atoms with Gasteiger partial charge in [-0.2, -0.15) is 11.3 Å². The third-order valence-electron chi connectivity index (χ3n) is 5.78. The van der Waals surface area contributed by atoms with Crippen molar-refractivity contribution in [1.82, 2.24) is 9.88 Å². The van der Waals surface area contributed by atoms with Crippen LogP contribution in [0.1, 0.15) is 34.5 Å². The molecular formula is C21H23N3OS. The molecule has 1 fully saturated rings. The number of hydrogen-bond acceptors (Lipinski definition) is 3. The van der Waals surface area contributed by atoms with Crippen LogP contribution >= 0.6 is 11.3 Å². The quantitative estimate of drug-likeness (QED) is 0.743. The lowest BCUT2D eigenvalue weighted by Crippen LogP contribution is -2.48. The van der Waals surface area contributed by atoms with Gasteiger partial charge in [0.25, 0.3) is 5.91 Å². The third-order valence-corrected chi connectivity index (χ3v) is 6.45. The van der Waals surface area contributed by atoms with E-state index >= 15 is 0 Å². The first-order chi connectivity index (χ1) is 12.8. The molecule has 26 heavy (non-hydrogen) atoms.